The molecule has 0 saturated heterocycles. The summed E-state index contributed by atoms with van der Waals surface area (Å²) in [5, 5.41) is 5.13. The fraction of sp³-hybridized carbons (Fsp3) is 0.261. The number of pyridine rings is 1. The van der Waals surface area contributed by atoms with Gasteiger partial charge >= 0.3 is 0 Å². The van der Waals surface area contributed by atoms with Crippen molar-refractivity contribution < 1.29 is 9.53 Å². The summed E-state index contributed by atoms with van der Waals surface area (Å²) in [6, 6.07) is 9.25. The summed E-state index contributed by atoms with van der Waals surface area (Å²) in [6.07, 6.45) is 3.83. The van der Waals surface area contributed by atoms with Gasteiger partial charge in [0, 0.05) is 34.7 Å². The van der Waals surface area contributed by atoms with E-state index in [0.717, 1.165) is 33.4 Å². The Hall–Kier alpha value is -3.79. The molecule has 5 rings (SSSR count). The number of ether oxygens (including phenoxy) is 1. The summed E-state index contributed by atoms with van der Waals surface area (Å²) >= 11 is 1.58. The maximum atomic E-state index is 12.9. The SMILES string of the molecule is CC(C)n1ncnc1-c1nc2c(s1)CCOc1ccc(-c3cccn(CC(N)=O)c3=O)cc1-2. The van der Waals surface area contributed by atoms with Gasteiger partial charge in [-0.05, 0) is 43.7 Å². The number of hydrogen-bond donors (Lipinski definition) is 1. The van der Waals surface area contributed by atoms with E-state index in [1.807, 2.05) is 22.9 Å². The van der Waals surface area contributed by atoms with Crippen molar-refractivity contribution in [3.8, 4) is 39.0 Å². The van der Waals surface area contributed by atoms with Crippen LogP contribution in [0, 0.1) is 0 Å². The minimum atomic E-state index is -0.571. The van der Waals surface area contributed by atoms with Gasteiger partial charge in [0.15, 0.2) is 10.8 Å². The van der Waals surface area contributed by atoms with Crippen LogP contribution in [0.5, 0.6) is 5.75 Å². The van der Waals surface area contributed by atoms with E-state index in [1.54, 1.807) is 36.0 Å². The van der Waals surface area contributed by atoms with Crippen LogP contribution in [0.4, 0.5) is 0 Å². The monoisotopic (exact) mass is 462 g/mol. The number of benzene rings is 1. The van der Waals surface area contributed by atoms with Gasteiger partial charge in [-0.1, -0.05) is 6.07 Å². The van der Waals surface area contributed by atoms with Gasteiger partial charge in [-0.2, -0.15) is 5.10 Å². The Morgan fingerprint density at radius 2 is 2.12 bits per heavy atom. The number of fused-ring (bicyclic) bond motifs is 3. The molecule has 33 heavy (non-hydrogen) atoms. The number of amides is 1. The number of primary amides is 1. The minimum absolute atomic E-state index is 0.161. The lowest BCUT2D eigenvalue weighted by molar-refractivity contribution is -0.118. The third kappa shape index (κ3) is 3.82. The van der Waals surface area contributed by atoms with Gasteiger partial charge in [-0.3, -0.25) is 9.59 Å². The molecule has 1 aromatic carbocycles. The molecule has 9 nitrogen and oxygen atoms in total. The lowest BCUT2D eigenvalue weighted by Crippen LogP contribution is -2.28. The number of thiazole rings is 1. The van der Waals surface area contributed by atoms with Crippen LogP contribution in [0.2, 0.25) is 0 Å². The lowest BCUT2D eigenvalue weighted by Gasteiger charge is -2.11. The lowest BCUT2D eigenvalue weighted by atomic mass is 10.0. The second-order valence-corrected chi connectivity index (χ2v) is 9.13. The number of hydrogen-bond acceptors (Lipinski definition) is 7. The molecular weight excluding hydrogens is 440 g/mol. The molecule has 1 amide bonds. The molecule has 0 aliphatic carbocycles. The van der Waals surface area contributed by atoms with E-state index in [1.165, 1.54) is 4.57 Å². The number of carbonyl (C=O) groups is 1. The second-order valence-electron chi connectivity index (χ2n) is 8.04. The molecule has 1 aliphatic heterocycles. The van der Waals surface area contributed by atoms with E-state index in [4.69, 9.17) is 15.5 Å². The number of nitrogens with zero attached hydrogens (tertiary/aromatic N) is 5. The van der Waals surface area contributed by atoms with Crippen molar-refractivity contribution in [3.05, 3.63) is 58.1 Å². The summed E-state index contributed by atoms with van der Waals surface area (Å²) in [5.41, 5.74) is 7.84. The van der Waals surface area contributed by atoms with Gasteiger partial charge in [0.1, 0.15) is 18.6 Å². The van der Waals surface area contributed by atoms with Crippen molar-refractivity contribution in [3.63, 3.8) is 0 Å². The first-order valence-electron chi connectivity index (χ1n) is 10.6. The zero-order chi connectivity index (χ0) is 23.1. The highest BCUT2D eigenvalue weighted by molar-refractivity contribution is 7.15. The van der Waals surface area contributed by atoms with E-state index in [9.17, 15) is 9.59 Å². The predicted octanol–water partition coefficient (Wildman–Crippen LogP) is 2.90. The second kappa shape index (κ2) is 8.28. The third-order valence-corrected chi connectivity index (χ3v) is 6.54. The minimum Gasteiger partial charge on any atom is -0.493 e. The van der Waals surface area contributed by atoms with Crippen LogP contribution >= 0.6 is 11.3 Å². The molecule has 0 spiro atoms. The first-order valence-corrected chi connectivity index (χ1v) is 11.4. The van der Waals surface area contributed by atoms with E-state index in [-0.39, 0.29) is 18.1 Å². The van der Waals surface area contributed by atoms with Crippen LogP contribution in [-0.2, 0) is 17.8 Å². The van der Waals surface area contributed by atoms with Gasteiger partial charge < -0.3 is 15.0 Å². The largest absolute Gasteiger partial charge is 0.493 e. The quantitative estimate of drug-likeness (QED) is 0.487. The predicted molar refractivity (Wildman–Crippen MR) is 125 cm³/mol. The summed E-state index contributed by atoms with van der Waals surface area (Å²) < 4.78 is 9.14. The molecule has 168 valence electrons. The molecule has 0 unspecified atom stereocenters. The Labute approximate surface area is 193 Å². The van der Waals surface area contributed by atoms with Crippen molar-refractivity contribution in [2.24, 2.45) is 5.73 Å². The van der Waals surface area contributed by atoms with Crippen LogP contribution in [0.15, 0.2) is 47.7 Å². The summed E-state index contributed by atoms with van der Waals surface area (Å²) in [6.45, 7) is 4.47. The van der Waals surface area contributed by atoms with Gasteiger partial charge in [0.2, 0.25) is 5.91 Å². The Morgan fingerprint density at radius 3 is 2.91 bits per heavy atom. The highest BCUT2D eigenvalue weighted by Crippen LogP contribution is 2.41. The van der Waals surface area contributed by atoms with Crippen LogP contribution in [0.1, 0.15) is 24.8 Å². The number of rotatable bonds is 5. The highest BCUT2D eigenvalue weighted by atomic mass is 32.1. The molecule has 2 N–H and O–H groups in total. The molecule has 0 fully saturated rings. The Morgan fingerprint density at radius 1 is 1.27 bits per heavy atom. The smallest absolute Gasteiger partial charge is 0.258 e. The summed E-state index contributed by atoms with van der Waals surface area (Å²) in [5.74, 6) is 0.880. The van der Waals surface area contributed by atoms with Gasteiger partial charge in [-0.15, -0.1) is 11.3 Å². The number of nitrogens with two attached hydrogens (primary N) is 1. The van der Waals surface area contributed by atoms with Crippen molar-refractivity contribution in [2.45, 2.75) is 32.9 Å². The van der Waals surface area contributed by atoms with Gasteiger partial charge in [-0.25, -0.2) is 14.6 Å². The average molecular weight is 463 g/mol. The van der Waals surface area contributed by atoms with Gasteiger partial charge in [0.25, 0.3) is 5.56 Å². The fourth-order valence-corrected chi connectivity index (χ4v) is 4.96. The first kappa shape index (κ1) is 21.1. The molecule has 4 aromatic rings. The average Bonchev–Trinajstić information content (AvgIpc) is 3.39. The Kier molecular flexibility index (Phi) is 5.29. The molecule has 4 heterocycles. The normalized spacial score (nSPS) is 12.7. The zero-order valence-electron chi connectivity index (χ0n) is 18.2. The molecule has 3 aromatic heterocycles. The maximum absolute atomic E-state index is 12.9. The van der Waals surface area contributed by atoms with Crippen LogP contribution in [0.25, 0.3) is 33.2 Å². The Balaban J connectivity index is 1.62. The molecule has 0 saturated carbocycles. The van der Waals surface area contributed by atoms with Crippen molar-refractivity contribution in [2.75, 3.05) is 6.61 Å². The van der Waals surface area contributed by atoms with E-state index < -0.39 is 5.91 Å². The molecular formula is C23H22N6O3S. The number of aromatic nitrogens is 5. The van der Waals surface area contributed by atoms with Crippen LogP contribution < -0.4 is 16.0 Å². The van der Waals surface area contributed by atoms with Gasteiger partial charge in [0.05, 0.1) is 12.3 Å². The van der Waals surface area contributed by atoms with E-state index >= 15 is 0 Å². The molecule has 0 radical (unpaired) electrons. The topological polar surface area (TPSA) is 118 Å². The fourth-order valence-electron chi connectivity index (χ4n) is 3.92. The zero-order valence-corrected chi connectivity index (χ0v) is 19.0. The third-order valence-electron chi connectivity index (χ3n) is 5.43. The molecule has 0 atom stereocenters. The standard InChI is InChI=1S/C23H22N6O3S/c1-13(2)29-21(25-12-26-29)22-27-20-16-10-14(5-6-17(16)32-9-7-18(20)33-22)15-4-3-8-28(23(15)31)11-19(24)30/h3-6,8,10,12-13H,7,9,11H2,1-2H3,(H2,24,30). The highest BCUT2D eigenvalue weighted by Gasteiger charge is 2.24. The van der Waals surface area contributed by atoms with Crippen molar-refractivity contribution >= 4 is 17.2 Å². The van der Waals surface area contributed by atoms with E-state index in [2.05, 4.69) is 23.9 Å². The summed E-state index contributed by atoms with van der Waals surface area (Å²) in [4.78, 5) is 34.7. The van der Waals surface area contributed by atoms with Crippen LogP contribution in [0.3, 0.4) is 0 Å². The molecule has 10 heteroatoms. The van der Waals surface area contributed by atoms with E-state index in [0.29, 0.717) is 23.5 Å². The van der Waals surface area contributed by atoms with Crippen molar-refractivity contribution in [1.29, 1.82) is 0 Å². The summed E-state index contributed by atoms with van der Waals surface area (Å²) in [7, 11) is 0. The molecule has 0 bridgehead atoms. The number of carbonyl (C=O) groups excluding carboxylic acids is 1. The van der Waals surface area contributed by atoms with Crippen LogP contribution in [-0.4, -0.2) is 36.8 Å². The first-order chi connectivity index (χ1) is 15.9. The maximum Gasteiger partial charge on any atom is 0.258 e. The Bertz CT molecular complexity index is 1420. The molecule has 1 aliphatic rings. The van der Waals surface area contributed by atoms with Crippen molar-refractivity contribution in [1.82, 2.24) is 24.3 Å².